The van der Waals surface area contributed by atoms with Crippen molar-refractivity contribution in [3.05, 3.63) is 54.2 Å². The number of rotatable bonds is 10. The summed E-state index contributed by atoms with van der Waals surface area (Å²) in [4.78, 5) is 47.5. The largest absolute Gasteiger partial charge is 0.433 e. The number of halogens is 3. The first-order valence-corrected chi connectivity index (χ1v) is 13.1. The fourth-order valence-corrected chi connectivity index (χ4v) is 4.86. The standard InChI is InChI=1S/C27H32F3N7O3/c1-16(38)32-10-9-25(39)37-23(12-19-14-31-15-33-19)26(40)35-18-6-4-5-17(11-18)34-22-13-24(27(28,29)30)36-21-8-3-2-7-20(21)22/h2-3,7-8,13-15,17-18,23H,4-6,9-12H2,1H3,(H,31,33)(H,32,38)(H,34,36)(H,35,40)(H,37,39)/t17-,18+,23+/m0/s1. The van der Waals surface area contributed by atoms with Gasteiger partial charge >= 0.3 is 6.18 Å². The van der Waals surface area contributed by atoms with Gasteiger partial charge in [-0.15, -0.1) is 0 Å². The Labute approximate surface area is 228 Å². The lowest BCUT2D eigenvalue weighted by Crippen LogP contribution is -2.52. The number of alkyl halides is 3. The van der Waals surface area contributed by atoms with Crippen LogP contribution in [0.1, 0.15) is 50.4 Å². The third-order valence-electron chi connectivity index (χ3n) is 6.74. The molecule has 3 aromatic rings. The summed E-state index contributed by atoms with van der Waals surface area (Å²) in [5, 5.41) is 12.1. The molecule has 4 rings (SSSR count). The lowest BCUT2D eigenvalue weighted by Gasteiger charge is -2.32. The third kappa shape index (κ3) is 7.93. The van der Waals surface area contributed by atoms with Crippen molar-refractivity contribution in [2.75, 3.05) is 11.9 Å². The number of nitrogens with one attached hydrogen (secondary N) is 5. The lowest BCUT2D eigenvalue weighted by atomic mass is 9.90. The summed E-state index contributed by atoms with van der Waals surface area (Å²) >= 11 is 0. The second-order valence-electron chi connectivity index (χ2n) is 9.92. The smallest absolute Gasteiger partial charge is 0.382 e. The molecule has 0 bridgehead atoms. The number of para-hydroxylation sites is 1. The van der Waals surface area contributed by atoms with Crippen LogP contribution in [0.2, 0.25) is 0 Å². The SMILES string of the molecule is CC(=O)NCCC(=O)N[C@H](Cc1cnc[nH]1)C(=O)N[C@@H]1CCC[C@H](Nc2cc(C(F)(F)F)nc3ccccc23)C1. The summed E-state index contributed by atoms with van der Waals surface area (Å²) in [5.41, 5.74) is 0.288. The van der Waals surface area contributed by atoms with E-state index in [9.17, 15) is 27.6 Å². The van der Waals surface area contributed by atoms with Gasteiger partial charge in [0.2, 0.25) is 17.7 Å². The molecule has 13 heteroatoms. The predicted octanol–water partition coefficient (Wildman–Crippen LogP) is 3.07. The van der Waals surface area contributed by atoms with Gasteiger partial charge in [-0.3, -0.25) is 14.4 Å². The molecule has 1 aliphatic rings. The maximum Gasteiger partial charge on any atom is 0.433 e. The van der Waals surface area contributed by atoms with E-state index in [0.717, 1.165) is 18.9 Å². The quantitative estimate of drug-likeness (QED) is 0.259. The number of carbonyl (C=O) groups excluding carboxylic acids is 3. The summed E-state index contributed by atoms with van der Waals surface area (Å²) in [6.07, 6.45) is 1.34. The second-order valence-corrected chi connectivity index (χ2v) is 9.92. The van der Waals surface area contributed by atoms with Gasteiger partial charge in [0.05, 0.1) is 11.8 Å². The molecule has 0 saturated heterocycles. The highest BCUT2D eigenvalue weighted by molar-refractivity contribution is 5.91. The van der Waals surface area contributed by atoms with Crippen molar-refractivity contribution >= 4 is 34.3 Å². The Morgan fingerprint density at radius 3 is 2.65 bits per heavy atom. The van der Waals surface area contributed by atoms with Crippen LogP contribution in [-0.2, 0) is 27.0 Å². The average molecular weight is 560 g/mol. The molecule has 0 unspecified atom stereocenters. The Bertz CT molecular complexity index is 1330. The van der Waals surface area contributed by atoms with Crippen LogP contribution >= 0.6 is 0 Å². The van der Waals surface area contributed by atoms with E-state index in [0.29, 0.717) is 29.6 Å². The first kappa shape index (κ1) is 28.8. The molecule has 5 N–H and O–H groups in total. The molecule has 0 radical (unpaired) electrons. The highest BCUT2D eigenvalue weighted by Gasteiger charge is 2.34. The number of pyridine rings is 1. The van der Waals surface area contributed by atoms with Crippen molar-refractivity contribution < 1.29 is 27.6 Å². The molecule has 1 saturated carbocycles. The van der Waals surface area contributed by atoms with Crippen LogP contribution in [0.4, 0.5) is 18.9 Å². The van der Waals surface area contributed by atoms with Gasteiger partial charge in [-0.25, -0.2) is 9.97 Å². The van der Waals surface area contributed by atoms with Crippen molar-refractivity contribution in [3.63, 3.8) is 0 Å². The van der Waals surface area contributed by atoms with E-state index in [4.69, 9.17) is 0 Å². The van der Waals surface area contributed by atoms with Gasteiger partial charge < -0.3 is 26.3 Å². The topological polar surface area (TPSA) is 141 Å². The van der Waals surface area contributed by atoms with Crippen LogP contribution in [0.15, 0.2) is 42.9 Å². The number of anilines is 1. The van der Waals surface area contributed by atoms with Crippen LogP contribution in [0.3, 0.4) is 0 Å². The van der Waals surface area contributed by atoms with Crippen LogP contribution < -0.4 is 21.3 Å². The van der Waals surface area contributed by atoms with Gasteiger partial charge in [-0.2, -0.15) is 13.2 Å². The minimum Gasteiger partial charge on any atom is -0.382 e. The van der Waals surface area contributed by atoms with Crippen molar-refractivity contribution in [1.29, 1.82) is 0 Å². The van der Waals surface area contributed by atoms with Crippen molar-refractivity contribution in [3.8, 4) is 0 Å². The van der Waals surface area contributed by atoms with Crippen molar-refractivity contribution in [1.82, 2.24) is 30.9 Å². The van der Waals surface area contributed by atoms with Crippen LogP contribution in [0.25, 0.3) is 10.9 Å². The highest BCUT2D eigenvalue weighted by Crippen LogP contribution is 2.34. The number of H-pyrrole nitrogens is 1. The van der Waals surface area contributed by atoms with Gasteiger partial charge in [0, 0.05) is 61.4 Å². The second kappa shape index (κ2) is 12.8. The number of imidazole rings is 1. The van der Waals surface area contributed by atoms with Crippen molar-refractivity contribution in [2.45, 2.75) is 69.8 Å². The molecule has 1 aliphatic carbocycles. The predicted molar refractivity (Wildman–Crippen MR) is 142 cm³/mol. The Morgan fingerprint density at radius 1 is 1.15 bits per heavy atom. The molecule has 40 heavy (non-hydrogen) atoms. The average Bonchev–Trinajstić information content (AvgIpc) is 3.41. The van der Waals surface area contributed by atoms with E-state index in [1.165, 1.54) is 13.3 Å². The molecule has 0 spiro atoms. The first-order valence-electron chi connectivity index (χ1n) is 13.1. The van der Waals surface area contributed by atoms with Gasteiger partial charge in [-0.05, 0) is 37.8 Å². The summed E-state index contributed by atoms with van der Waals surface area (Å²) in [5.74, 6) is -1.02. The number of nitrogens with zero attached hydrogens (tertiary/aromatic N) is 2. The van der Waals surface area contributed by atoms with Crippen molar-refractivity contribution in [2.24, 2.45) is 0 Å². The molecule has 2 aromatic heterocycles. The number of amides is 3. The van der Waals surface area contributed by atoms with Crippen LogP contribution in [0.5, 0.6) is 0 Å². The van der Waals surface area contributed by atoms with E-state index in [-0.39, 0.29) is 54.7 Å². The minimum atomic E-state index is -4.58. The maximum absolute atomic E-state index is 13.5. The molecule has 1 aromatic carbocycles. The number of aromatic nitrogens is 3. The Kier molecular flexibility index (Phi) is 9.22. The first-order chi connectivity index (χ1) is 19.1. The van der Waals surface area contributed by atoms with E-state index < -0.39 is 17.9 Å². The fraction of sp³-hybridized carbons (Fsp3) is 0.444. The number of hydrogen-bond donors (Lipinski definition) is 5. The normalized spacial score (nSPS) is 18.1. The number of fused-ring (bicyclic) bond motifs is 1. The zero-order valence-electron chi connectivity index (χ0n) is 22.0. The summed E-state index contributed by atoms with van der Waals surface area (Å²) in [6, 6.07) is 6.39. The molecular formula is C27H32F3N7O3. The number of aromatic amines is 1. The molecule has 2 heterocycles. The highest BCUT2D eigenvalue weighted by atomic mass is 19.4. The number of carbonyl (C=O) groups is 3. The molecule has 3 atom stereocenters. The molecular weight excluding hydrogens is 527 g/mol. The lowest BCUT2D eigenvalue weighted by molar-refractivity contribution is -0.141. The van der Waals surface area contributed by atoms with Gasteiger partial charge in [0.1, 0.15) is 11.7 Å². The Hall–Kier alpha value is -4.16. The van der Waals surface area contributed by atoms with E-state index >= 15 is 0 Å². The Balaban J connectivity index is 1.42. The summed E-state index contributed by atoms with van der Waals surface area (Å²) in [6.45, 7) is 1.50. The summed E-state index contributed by atoms with van der Waals surface area (Å²) in [7, 11) is 0. The molecule has 214 valence electrons. The molecule has 1 fully saturated rings. The molecule has 3 amide bonds. The Morgan fingerprint density at radius 2 is 1.93 bits per heavy atom. The maximum atomic E-state index is 13.5. The fourth-order valence-electron chi connectivity index (χ4n) is 4.86. The number of hydrogen-bond acceptors (Lipinski definition) is 6. The monoisotopic (exact) mass is 559 g/mol. The van der Waals surface area contributed by atoms with Crippen LogP contribution in [0, 0.1) is 0 Å². The van der Waals surface area contributed by atoms with Gasteiger partial charge in [0.15, 0.2) is 0 Å². The zero-order chi connectivity index (χ0) is 28.7. The summed E-state index contributed by atoms with van der Waals surface area (Å²) < 4.78 is 40.5. The van der Waals surface area contributed by atoms with Gasteiger partial charge in [-0.1, -0.05) is 18.2 Å². The number of benzene rings is 1. The molecule has 10 nitrogen and oxygen atoms in total. The zero-order valence-corrected chi connectivity index (χ0v) is 22.0. The van der Waals surface area contributed by atoms with Gasteiger partial charge in [0.25, 0.3) is 0 Å². The van der Waals surface area contributed by atoms with E-state index in [1.807, 2.05) is 0 Å². The third-order valence-corrected chi connectivity index (χ3v) is 6.74. The van der Waals surface area contributed by atoms with E-state index in [2.05, 4.69) is 36.2 Å². The minimum absolute atomic E-state index is 0.0154. The molecule has 0 aliphatic heterocycles. The van der Waals surface area contributed by atoms with E-state index in [1.54, 1.807) is 30.5 Å². The van der Waals surface area contributed by atoms with Crippen LogP contribution in [-0.4, -0.2) is 57.3 Å².